The molecule has 2 N–H and O–H groups in total. The Bertz CT molecular complexity index is 1110. The zero-order valence-electron chi connectivity index (χ0n) is 15.8. The van der Waals surface area contributed by atoms with Gasteiger partial charge in [-0.25, -0.2) is 4.68 Å². The van der Waals surface area contributed by atoms with Gasteiger partial charge in [-0.2, -0.15) is 0 Å². The highest BCUT2D eigenvalue weighted by atomic mass is 16.5. The molecule has 4 rings (SSSR count). The van der Waals surface area contributed by atoms with E-state index in [1.54, 1.807) is 26.0 Å². The number of benzene rings is 3. The van der Waals surface area contributed by atoms with Crippen molar-refractivity contribution in [3.05, 3.63) is 54.6 Å². The lowest BCUT2D eigenvalue weighted by atomic mass is 10.0. The van der Waals surface area contributed by atoms with E-state index in [4.69, 9.17) is 19.9 Å². The van der Waals surface area contributed by atoms with Crippen LogP contribution < -0.4 is 19.9 Å². The molecule has 0 aliphatic rings. The van der Waals surface area contributed by atoms with Gasteiger partial charge in [0.1, 0.15) is 5.52 Å². The minimum Gasteiger partial charge on any atom is -0.493 e. The van der Waals surface area contributed by atoms with Crippen LogP contribution in [0.15, 0.2) is 54.6 Å². The second-order valence-corrected chi connectivity index (χ2v) is 6.21. The summed E-state index contributed by atoms with van der Waals surface area (Å²) in [6.07, 6.45) is 0. The van der Waals surface area contributed by atoms with Crippen molar-refractivity contribution in [1.29, 1.82) is 0 Å². The molecule has 0 bridgehead atoms. The van der Waals surface area contributed by atoms with Gasteiger partial charge in [0.2, 0.25) is 5.75 Å². The first-order chi connectivity index (χ1) is 13.6. The second-order valence-electron chi connectivity index (χ2n) is 6.21. The summed E-state index contributed by atoms with van der Waals surface area (Å²) in [4.78, 5) is 0. The molecule has 7 nitrogen and oxygen atoms in total. The minimum absolute atomic E-state index is 0.528. The first kappa shape index (κ1) is 17.7. The largest absolute Gasteiger partial charge is 0.493 e. The van der Waals surface area contributed by atoms with Crippen molar-refractivity contribution in [2.75, 3.05) is 27.1 Å². The van der Waals surface area contributed by atoms with E-state index in [1.807, 2.05) is 54.6 Å². The second kappa shape index (κ2) is 7.11. The van der Waals surface area contributed by atoms with Gasteiger partial charge in [0.05, 0.1) is 32.5 Å². The monoisotopic (exact) mass is 376 g/mol. The van der Waals surface area contributed by atoms with E-state index in [2.05, 4.69) is 10.3 Å². The maximum atomic E-state index is 5.80. The molecule has 7 heteroatoms. The van der Waals surface area contributed by atoms with Crippen molar-refractivity contribution >= 4 is 16.7 Å². The smallest absolute Gasteiger partial charge is 0.203 e. The summed E-state index contributed by atoms with van der Waals surface area (Å²) in [5.41, 5.74) is 11.0. The van der Waals surface area contributed by atoms with Gasteiger partial charge in [-0.15, -0.1) is 5.10 Å². The lowest BCUT2D eigenvalue weighted by Crippen LogP contribution is -2.01. The molecule has 1 heterocycles. The van der Waals surface area contributed by atoms with Crippen LogP contribution in [0.5, 0.6) is 17.2 Å². The predicted molar refractivity (Wildman–Crippen MR) is 108 cm³/mol. The number of nitrogens with zero attached hydrogens (tertiary/aromatic N) is 3. The van der Waals surface area contributed by atoms with Crippen molar-refractivity contribution in [3.63, 3.8) is 0 Å². The third-order valence-electron chi connectivity index (χ3n) is 4.58. The quantitative estimate of drug-likeness (QED) is 0.535. The molecule has 0 saturated carbocycles. The summed E-state index contributed by atoms with van der Waals surface area (Å²) in [5, 5.41) is 8.59. The van der Waals surface area contributed by atoms with Crippen molar-refractivity contribution in [2.24, 2.45) is 0 Å². The van der Waals surface area contributed by atoms with Crippen LogP contribution in [0.3, 0.4) is 0 Å². The van der Waals surface area contributed by atoms with E-state index >= 15 is 0 Å². The van der Waals surface area contributed by atoms with E-state index < -0.39 is 0 Å². The minimum atomic E-state index is 0.528. The maximum Gasteiger partial charge on any atom is 0.203 e. The third-order valence-corrected chi connectivity index (χ3v) is 4.58. The average molecular weight is 376 g/mol. The Morgan fingerprint density at radius 3 is 2.04 bits per heavy atom. The molecule has 0 aliphatic heterocycles. The molecule has 142 valence electrons. The Kier molecular flexibility index (Phi) is 4.49. The number of nitrogen functional groups attached to an aromatic ring is 1. The molecular formula is C21H20N4O3. The lowest BCUT2D eigenvalue weighted by Gasteiger charge is -2.14. The van der Waals surface area contributed by atoms with Crippen LogP contribution in [0.25, 0.3) is 27.8 Å². The number of aromatic nitrogens is 3. The number of methoxy groups -OCH3 is 3. The number of fused-ring (bicyclic) bond motifs is 1. The molecule has 0 fully saturated rings. The zero-order chi connectivity index (χ0) is 19.7. The Balaban J connectivity index is 1.87. The van der Waals surface area contributed by atoms with Gasteiger partial charge in [0.25, 0.3) is 0 Å². The molecule has 0 atom stereocenters. The van der Waals surface area contributed by atoms with Gasteiger partial charge in [-0.3, -0.25) is 0 Å². The highest BCUT2D eigenvalue weighted by Gasteiger charge is 2.16. The van der Waals surface area contributed by atoms with Crippen molar-refractivity contribution in [2.45, 2.75) is 0 Å². The Hall–Kier alpha value is -3.74. The van der Waals surface area contributed by atoms with E-state index in [0.29, 0.717) is 17.2 Å². The van der Waals surface area contributed by atoms with Gasteiger partial charge in [-0.05, 0) is 35.4 Å². The standard InChI is InChI=1S/C21H20N4O3/c1-26-19-11-16(12-20(27-2)21(19)28-3)25-18-10-14(6-9-17(18)23-24-25)13-4-7-15(22)8-5-13/h4-12H,22H2,1-3H3. The number of ether oxygens (including phenoxy) is 3. The van der Waals surface area contributed by atoms with E-state index in [0.717, 1.165) is 33.5 Å². The molecule has 0 spiro atoms. The third kappa shape index (κ3) is 2.96. The van der Waals surface area contributed by atoms with Crippen LogP contribution in [0.4, 0.5) is 5.69 Å². The van der Waals surface area contributed by atoms with Gasteiger partial charge < -0.3 is 19.9 Å². The fourth-order valence-electron chi connectivity index (χ4n) is 3.15. The van der Waals surface area contributed by atoms with Crippen LogP contribution in [0, 0.1) is 0 Å². The fourth-order valence-corrected chi connectivity index (χ4v) is 3.15. The number of hydrogen-bond acceptors (Lipinski definition) is 6. The van der Waals surface area contributed by atoms with Crippen LogP contribution in [-0.2, 0) is 0 Å². The highest BCUT2D eigenvalue weighted by molar-refractivity contribution is 5.83. The average Bonchev–Trinajstić information content (AvgIpc) is 3.16. The summed E-state index contributed by atoms with van der Waals surface area (Å²) in [5.74, 6) is 1.63. The SMILES string of the molecule is COc1cc(-n2nnc3ccc(-c4ccc(N)cc4)cc32)cc(OC)c1OC. The molecule has 28 heavy (non-hydrogen) atoms. The molecule has 0 unspecified atom stereocenters. The van der Waals surface area contributed by atoms with E-state index in [9.17, 15) is 0 Å². The molecule has 0 aliphatic carbocycles. The van der Waals surface area contributed by atoms with E-state index in [1.165, 1.54) is 0 Å². The molecule has 0 amide bonds. The molecular weight excluding hydrogens is 356 g/mol. The van der Waals surface area contributed by atoms with Gasteiger partial charge >= 0.3 is 0 Å². The van der Waals surface area contributed by atoms with Crippen molar-refractivity contribution in [3.8, 4) is 34.1 Å². The summed E-state index contributed by atoms with van der Waals surface area (Å²) < 4.78 is 18.1. The summed E-state index contributed by atoms with van der Waals surface area (Å²) in [6.45, 7) is 0. The Morgan fingerprint density at radius 1 is 0.786 bits per heavy atom. The summed E-state index contributed by atoms with van der Waals surface area (Å²) >= 11 is 0. The van der Waals surface area contributed by atoms with Gasteiger partial charge in [-0.1, -0.05) is 23.4 Å². The number of hydrogen-bond donors (Lipinski definition) is 1. The molecule has 3 aromatic carbocycles. The van der Waals surface area contributed by atoms with Crippen molar-refractivity contribution in [1.82, 2.24) is 15.0 Å². The van der Waals surface area contributed by atoms with Crippen molar-refractivity contribution < 1.29 is 14.2 Å². The van der Waals surface area contributed by atoms with Gasteiger partial charge in [0, 0.05) is 17.8 Å². The molecule has 4 aromatic rings. The van der Waals surface area contributed by atoms with Gasteiger partial charge in [0.15, 0.2) is 11.5 Å². The van der Waals surface area contributed by atoms with E-state index in [-0.39, 0.29) is 0 Å². The lowest BCUT2D eigenvalue weighted by molar-refractivity contribution is 0.324. The number of anilines is 1. The first-order valence-corrected chi connectivity index (χ1v) is 8.66. The fraction of sp³-hybridized carbons (Fsp3) is 0.143. The van der Waals surface area contributed by atoms with Crippen LogP contribution in [0.1, 0.15) is 0 Å². The number of nitrogens with two attached hydrogens (primary N) is 1. The molecule has 1 aromatic heterocycles. The number of rotatable bonds is 5. The zero-order valence-corrected chi connectivity index (χ0v) is 15.8. The highest BCUT2D eigenvalue weighted by Crippen LogP contribution is 2.39. The summed E-state index contributed by atoms with van der Waals surface area (Å²) in [7, 11) is 4.74. The molecule has 0 radical (unpaired) electrons. The maximum absolute atomic E-state index is 5.80. The van der Waals surface area contributed by atoms with Crippen LogP contribution in [0.2, 0.25) is 0 Å². The molecule has 0 saturated heterocycles. The summed E-state index contributed by atoms with van der Waals surface area (Å²) in [6, 6.07) is 17.4. The predicted octanol–water partition coefficient (Wildman–Crippen LogP) is 3.70. The Labute approximate surface area is 162 Å². The Morgan fingerprint density at radius 2 is 1.43 bits per heavy atom. The first-order valence-electron chi connectivity index (χ1n) is 8.66. The van der Waals surface area contributed by atoms with Crippen LogP contribution >= 0.6 is 0 Å². The topological polar surface area (TPSA) is 84.4 Å². The normalized spacial score (nSPS) is 10.8. The van der Waals surface area contributed by atoms with Crippen LogP contribution in [-0.4, -0.2) is 36.3 Å².